The van der Waals surface area contributed by atoms with Crippen molar-refractivity contribution in [2.45, 2.75) is 32.6 Å². The van der Waals surface area contributed by atoms with E-state index in [1.807, 2.05) is 6.92 Å². The third-order valence-electron chi connectivity index (χ3n) is 2.92. The smallest absolute Gasteiger partial charge is 0.258 e. The van der Waals surface area contributed by atoms with Crippen LogP contribution >= 0.6 is 0 Å². The highest BCUT2D eigenvalue weighted by molar-refractivity contribution is 5.36. The van der Waals surface area contributed by atoms with Gasteiger partial charge >= 0.3 is 0 Å². The van der Waals surface area contributed by atoms with E-state index in [1.54, 1.807) is 12.1 Å². The van der Waals surface area contributed by atoms with Crippen molar-refractivity contribution in [3.8, 4) is 6.07 Å². The monoisotopic (exact) mass is 232 g/mol. The maximum absolute atomic E-state index is 10.5. The molecule has 2 unspecified atom stereocenters. The van der Waals surface area contributed by atoms with Crippen LogP contribution in [0.5, 0.6) is 0 Å². The zero-order valence-corrected chi connectivity index (χ0v) is 10.1. The number of nitrogens with zero attached hydrogens (tertiary/aromatic N) is 2. The van der Waals surface area contributed by atoms with Crippen molar-refractivity contribution in [1.29, 1.82) is 5.26 Å². The van der Waals surface area contributed by atoms with Crippen LogP contribution in [0.25, 0.3) is 0 Å². The lowest BCUT2D eigenvalue weighted by Crippen LogP contribution is -2.07. The molecule has 1 aromatic carbocycles. The molecule has 0 heterocycles. The highest BCUT2D eigenvalue weighted by Gasteiger charge is 2.18. The van der Waals surface area contributed by atoms with Crippen molar-refractivity contribution in [2.24, 2.45) is 5.92 Å². The molecule has 17 heavy (non-hydrogen) atoms. The molecule has 0 amide bonds. The van der Waals surface area contributed by atoms with E-state index in [4.69, 9.17) is 0 Å². The minimum absolute atomic E-state index is 0.0635. The summed E-state index contributed by atoms with van der Waals surface area (Å²) < 4.78 is 0. The number of nitro groups is 1. The van der Waals surface area contributed by atoms with Crippen LogP contribution in [0.4, 0.5) is 5.69 Å². The van der Waals surface area contributed by atoms with Gasteiger partial charge in [-0.2, -0.15) is 5.26 Å². The van der Waals surface area contributed by atoms with E-state index >= 15 is 0 Å². The van der Waals surface area contributed by atoms with Crippen LogP contribution in [-0.4, -0.2) is 4.92 Å². The Hall–Kier alpha value is -1.89. The van der Waals surface area contributed by atoms with Gasteiger partial charge in [-0.05, 0) is 17.9 Å². The van der Waals surface area contributed by atoms with Crippen molar-refractivity contribution >= 4 is 5.69 Å². The molecule has 0 saturated carbocycles. The molecule has 0 bridgehead atoms. The van der Waals surface area contributed by atoms with E-state index in [9.17, 15) is 15.4 Å². The predicted molar refractivity (Wildman–Crippen MR) is 65.5 cm³/mol. The third kappa shape index (κ3) is 3.28. The average molecular weight is 232 g/mol. The van der Waals surface area contributed by atoms with Crippen LogP contribution < -0.4 is 0 Å². The molecule has 4 nitrogen and oxygen atoms in total. The fourth-order valence-corrected chi connectivity index (χ4v) is 1.96. The van der Waals surface area contributed by atoms with Crippen molar-refractivity contribution in [3.63, 3.8) is 0 Å². The molecule has 0 radical (unpaired) electrons. The molecule has 0 aromatic heterocycles. The standard InChI is InChI=1S/C13H16N2O2/c1-3-4-10(2)13(9-14)11-5-7-12(8-6-11)15(16)17/h5-8,10,13H,3-4H2,1-2H3. The number of hydrogen-bond donors (Lipinski definition) is 0. The van der Waals surface area contributed by atoms with E-state index in [1.165, 1.54) is 12.1 Å². The first-order valence-corrected chi connectivity index (χ1v) is 5.74. The van der Waals surface area contributed by atoms with E-state index < -0.39 is 4.92 Å². The molecular formula is C13H16N2O2. The Bertz CT molecular complexity index is 420. The van der Waals surface area contributed by atoms with Gasteiger partial charge in [-0.3, -0.25) is 10.1 Å². The van der Waals surface area contributed by atoms with Crippen LogP contribution in [0.15, 0.2) is 24.3 Å². The van der Waals surface area contributed by atoms with E-state index in [0.717, 1.165) is 18.4 Å². The number of benzene rings is 1. The van der Waals surface area contributed by atoms with Gasteiger partial charge in [-0.1, -0.05) is 32.4 Å². The Kier molecular flexibility index (Phi) is 4.65. The van der Waals surface area contributed by atoms with E-state index in [0.29, 0.717) is 0 Å². The summed E-state index contributed by atoms with van der Waals surface area (Å²) in [5, 5.41) is 19.7. The topological polar surface area (TPSA) is 66.9 Å². The molecule has 1 aromatic rings. The number of non-ortho nitro benzene ring substituents is 1. The third-order valence-corrected chi connectivity index (χ3v) is 2.92. The molecule has 90 valence electrons. The first-order chi connectivity index (χ1) is 8.10. The van der Waals surface area contributed by atoms with Gasteiger partial charge in [0.05, 0.1) is 16.9 Å². The molecule has 0 spiro atoms. The van der Waals surface area contributed by atoms with Crippen LogP contribution in [-0.2, 0) is 0 Å². The maximum Gasteiger partial charge on any atom is 0.269 e. The molecule has 0 saturated heterocycles. The maximum atomic E-state index is 10.5. The van der Waals surface area contributed by atoms with E-state index in [2.05, 4.69) is 13.0 Å². The SMILES string of the molecule is CCCC(C)C(C#N)c1ccc([N+](=O)[O-])cc1. The zero-order chi connectivity index (χ0) is 12.8. The van der Waals surface area contributed by atoms with Crippen molar-refractivity contribution in [2.75, 3.05) is 0 Å². The van der Waals surface area contributed by atoms with Gasteiger partial charge in [-0.25, -0.2) is 0 Å². The number of rotatable bonds is 5. The Morgan fingerprint density at radius 1 is 1.41 bits per heavy atom. The average Bonchev–Trinajstić information content (AvgIpc) is 2.31. The number of hydrogen-bond acceptors (Lipinski definition) is 3. The predicted octanol–water partition coefficient (Wildman–Crippen LogP) is 3.64. The van der Waals surface area contributed by atoms with Gasteiger partial charge in [0, 0.05) is 12.1 Å². The summed E-state index contributed by atoms with van der Waals surface area (Å²) in [6, 6.07) is 8.55. The Morgan fingerprint density at radius 2 is 2.00 bits per heavy atom. The summed E-state index contributed by atoms with van der Waals surface area (Å²) in [5.74, 6) is 0.0854. The lowest BCUT2D eigenvalue weighted by Gasteiger charge is -2.16. The zero-order valence-electron chi connectivity index (χ0n) is 10.1. The molecule has 4 heteroatoms. The molecule has 1 rings (SSSR count). The van der Waals surface area contributed by atoms with Gasteiger partial charge in [0.25, 0.3) is 5.69 Å². The quantitative estimate of drug-likeness (QED) is 0.575. The first kappa shape index (κ1) is 13.2. The molecule has 0 aliphatic heterocycles. The van der Waals surface area contributed by atoms with Gasteiger partial charge in [0.1, 0.15) is 0 Å². The second kappa shape index (κ2) is 6.00. The van der Waals surface area contributed by atoms with Gasteiger partial charge < -0.3 is 0 Å². The molecule has 2 atom stereocenters. The molecule has 0 aliphatic rings. The molecule has 0 N–H and O–H groups in total. The second-order valence-corrected chi connectivity index (χ2v) is 4.22. The second-order valence-electron chi connectivity index (χ2n) is 4.22. The summed E-state index contributed by atoms with van der Waals surface area (Å²) in [4.78, 5) is 10.1. The minimum atomic E-state index is -0.430. The van der Waals surface area contributed by atoms with Gasteiger partial charge in [-0.15, -0.1) is 0 Å². The normalized spacial score (nSPS) is 13.7. The summed E-state index contributed by atoms with van der Waals surface area (Å²) in [7, 11) is 0. The highest BCUT2D eigenvalue weighted by atomic mass is 16.6. The molecular weight excluding hydrogens is 216 g/mol. The molecule has 0 fully saturated rings. The Labute approximate surface area is 101 Å². The summed E-state index contributed by atoms with van der Waals surface area (Å²) in [5.41, 5.74) is 0.924. The lowest BCUT2D eigenvalue weighted by atomic mass is 9.85. The van der Waals surface area contributed by atoms with Gasteiger partial charge in [0.15, 0.2) is 0 Å². The largest absolute Gasteiger partial charge is 0.269 e. The number of nitriles is 1. The summed E-state index contributed by atoms with van der Waals surface area (Å²) in [6.07, 6.45) is 2.02. The van der Waals surface area contributed by atoms with Crippen molar-refractivity contribution < 1.29 is 4.92 Å². The van der Waals surface area contributed by atoms with Crippen molar-refractivity contribution in [1.82, 2.24) is 0 Å². The van der Waals surface area contributed by atoms with Crippen LogP contribution in [0.2, 0.25) is 0 Å². The summed E-state index contributed by atoms with van der Waals surface area (Å²) >= 11 is 0. The van der Waals surface area contributed by atoms with Crippen LogP contribution in [0.1, 0.15) is 38.2 Å². The van der Waals surface area contributed by atoms with Gasteiger partial charge in [0.2, 0.25) is 0 Å². The van der Waals surface area contributed by atoms with Crippen molar-refractivity contribution in [3.05, 3.63) is 39.9 Å². The Morgan fingerprint density at radius 3 is 2.41 bits per heavy atom. The van der Waals surface area contributed by atoms with Crippen LogP contribution in [0.3, 0.4) is 0 Å². The Balaban J connectivity index is 2.90. The summed E-state index contributed by atoms with van der Waals surface area (Å²) in [6.45, 7) is 4.12. The number of nitro benzene ring substituents is 1. The fraction of sp³-hybridized carbons (Fsp3) is 0.462. The fourth-order valence-electron chi connectivity index (χ4n) is 1.96. The van der Waals surface area contributed by atoms with E-state index in [-0.39, 0.29) is 17.5 Å². The highest BCUT2D eigenvalue weighted by Crippen LogP contribution is 2.28. The van der Waals surface area contributed by atoms with Crippen LogP contribution in [0, 0.1) is 27.4 Å². The molecule has 0 aliphatic carbocycles. The first-order valence-electron chi connectivity index (χ1n) is 5.74. The minimum Gasteiger partial charge on any atom is -0.258 e. The lowest BCUT2D eigenvalue weighted by molar-refractivity contribution is -0.384.